The van der Waals surface area contributed by atoms with Crippen molar-refractivity contribution in [2.75, 3.05) is 25.6 Å². The summed E-state index contributed by atoms with van der Waals surface area (Å²) in [7, 11) is 3.85. The highest BCUT2D eigenvalue weighted by Gasteiger charge is 2.24. The Morgan fingerprint density at radius 1 is 1.40 bits per heavy atom. The van der Waals surface area contributed by atoms with Crippen LogP contribution in [0.25, 0.3) is 0 Å². The Kier molecular flexibility index (Phi) is 4.99. The summed E-state index contributed by atoms with van der Waals surface area (Å²) in [5.41, 5.74) is 0.792. The zero-order valence-corrected chi connectivity index (χ0v) is 13.2. The Hall–Kier alpha value is -1.14. The van der Waals surface area contributed by atoms with E-state index >= 15 is 0 Å². The van der Waals surface area contributed by atoms with Gasteiger partial charge in [-0.25, -0.2) is 4.98 Å². The zero-order valence-electron chi connectivity index (χ0n) is 12.3. The number of nitrogens with one attached hydrogen (secondary N) is 1. The zero-order chi connectivity index (χ0) is 14.7. The molecule has 0 aromatic carbocycles. The maximum atomic E-state index is 12.3. The number of thiazole rings is 1. The van der Waals surface area contributed by atoms with Crippen LogP contribution >= 0.6 is 11.3 Å². The summed E-state index contributed by atoms with van der Waals surface area (Å²) < 4.78 is 0. The first-order chi connectivity index (χ1) is 9.51. The quantitative estimate of drug-likeness (QED) is 0.889. The summed E-state index contributed by atoms with van der Waals surface area (Å²) in [5, 5.41) is 13.1. The van der Waals surface area contributed by atoms with Crippen LogP contribution in [0.1, 0.15) is 41.0 Å². The van der Waals surface area contributed by atoms with Gasteiger partial charge in [0.15, 0.2) is 5.13 Å². The number of carbonyl (C=O) groups excluding carboxylic acids is 1. The van der Waals surface area contributed by atoms with Crippen LogP contribution in [0.5, 0.6) is 0 Å². The fraction of sp³-hybridized carbons (Fsp3) is 0.714. The molecule has 1 heterocycles. The van der Waals surface area contributed by atoms with E-state index < -0.39 is 0 Å². The lowest BCUT2D eigenvalue weighted by Crippen LogP contribution is -2.38. The Morgan fingerprint density at radius 2 is 2.05 bits per heavy atom. The minimum Gasteiger partial charge on any atom is -0.396 e. The van der Waals surface area contributed by atoms with Gasteiger partial charge in [0.25, 0.3) is 5.91 Å². The molecule has 1 amide bonds. The molecule has 1 aromatic heterocycles. The molecule has 0 bridgehead atoms. The number of nitrogens with zero attached hydrogens (tertiary/aromatic N) is 2. The number of rotatable bonds is 4. The topological polar surface area (TPSA) is 65.5 Å². The standard InChI is InChI=1S/C14H23N3O2S/c1-9-12(20-14(15-9)17(2)3)13(19)16-11-6-4-10(8-18)5-7-11/h10-11,18H,4-8H2,1-3H3,(H,16,19). The van der Waals surface area contributed by atoms with Gasteiger partial charge < -0.3 is 15.3 Å². The minimum atomic E-state index is -0.0134. The van der Waals surface area contributed by atoms with Gasteiger partial charge in [0.1, 0.15) is 4.88 Å². The van der Waals surface area contributed by atoms with Crippen LogP contribution < -0.4 is 10.2 Å². The summed E-state index contributed by atoms with van der Waals surface area (Å²) >= 11 is 1.43. The maximum absolute atomic E-state index is 12.3. The van der Waals surface area contributed by atoms with Crippen LogP contribution in [-0.4, -0.2) is 42.7 Å². The summed E-state index contributed by atoms with van der Waals surface area (Å²) in [5.74, 6) is 0.397. The van der Waals surface area contributed by atoms with E-state index in [1.807, 2.05) is 25.9 Å². The van der Waals surface area contributed by atoms with Gasteiger partial charge in [-0.15, -0.1) is 0 Å². The van der Waals surface area contributed by atoms with E-state index in [4.69, 9.17) is 5.11 Å². The first kappa shape index (κ1) is 15.3. The van der Waals surface area contributed by atoms with Crippen molar-refractivity contribution in [3.8, 4) is 0 Å². The van der Waals surface area contributed by atoms with Crippen molar-refractivity contribution in [2.45, 2.75) is 38.6 Å². The van der Waals surface area contributed by atoms with Crippen LogP contribution in [0, 0.1) is 12.8 Å². The van der Waals surface area contributed by atoms with Crippen LogP contribution in [0.3, 0.4) is 0 Å². The molecule has 112 valence electrons. The number of aliphatic hydroxyl groups excluding tert-OH is 1. The number of aryl methyl sites for hydroxylation is 1. The third-order valence-electron chi connectivity index (χ3n) is 3.81. The average molecular weight is 297 g/mol. The second-order valence-electron chi connectivity index (χ2n) is 5.68. The largest absolute Gasteiger partial charge is 0.396 e. The molecule has 0 spiro atoms. The smallest absolute Gasteiger partial charge is 0.263 e. The summed E-state index contributed by atoms with van der Waals surface area (Å²) in [4.78, 5) is 19.3. The van der Waals surface area contributed by atoms with E-state index in [0.717, 1.165) is 36.5 Å². The average Bonchev–Trinajstić information content (AvgIpc) is 2.82. The number of amides is 1. The molecule has 1 saturated carbocycles. The number of aromatic nitrogens is 1. The van der Waals surface area contributed by atoms with Gasteiger partial charge in [0, 0.05) is 26.7 Å². The lowest BCUT2D eigenvalue weighted by Gasteiger charge is -2.27. The van der Waals surface area contributed by atoms with Gasteiger partial charge in [0.2, 0.25) is 0 Å². The van der Waals surface area contributed by atoms with Crippen molar-refractivity contribution in [2.24, 2.45) is 5.92 Å². The fourth-order valence-electron chi connectivity index (χ4n) is 2.52. The van der Waals surface area contributed by atoms with Gasteiger partial charge in [-0.05, 0) is 38.5 Å². The van der Waals surface area contributed by atoms with Gasteiger partial charge in [-0.2, -0.15) is 0 Å². The van der Waals surface area contributed by atoms with Crippen molar-refractivity contribution in [1.29, 1.82) is 0 Å². The molecule has 0 aliphatic heterocycles. The third kappa shape index (κ3) is 3.49. The fourth-order valence-corrected chi connectivity index (χ4v) is 3.42. The van der Waals surface area contributed by atoms with E-state index in [9.17, 15) is 4.79 Å². The predicted octanol–water partition coefficient (Wildman–Crippen LogP) is 1.80. The SMILES string of the molecule is Cc1nc(N(C)C)sc1C(=O)NC1CCC(CO)CC1. The second kappa shape index (κ2) is 6.54. The monoisotopic (exact) mass is 297 g/mol. The molecule has 20 heavy (non-hydrogen) atoms. The van der Waals surface area contributed by atoms with E-state index in [1.165, 1.54) is 11.3 Å². The van der Waals surface area contributed by atoms with Crippen LogP contribution in [0.4, 0.5) is 5.13 Å². The molecule has 1 aromatic rings. The molecule has 1 aliphatic rings. The first-order valence-electron chi connectivity index (χ1n) is 7.07. The molecule has 0 saturated heterocycles. The first-order valence-corrected chi connectivity index (χ1v) is 7.89. The number of carbonyl (C=O) groups is 1. The molecule has 2 N–H and O–H groups in total. The Morgan fingerprint density at radius 3 is 2.55 bits per heavy atom. The normalized spacial score (nSPS) is 22.6. The molecular formula is C14H23N3O2S. The Labute approximate surface area is 124 Å². The summed E-state index contributed by atoms with van der Waals surface area (Å²) in [6.07, 6.45) is 3.89. The number of anilines is 1. The molecule has 0 atom stereocenters. The van der Waals surface area contributed by atoms with Crippen LogP contribution in [-0.2, 0) is 0 Å². The van der Waals surface area contributed by atoms with Gasteiger partial charge in [-0.1, -0.05) is 11.3 Å². The highest BCUT2D eigenvalue weighted by atomic mass is 32.1. The molecule has 1 fully saturated rings. The Bertz CT molecular complexity index is 465. The van der Waals surface area contributed by atoms with Gasteiger partial charge in [-0.3, -0.25) is 4.79 Å². The van der Waals surface area contributed by atoms with E-state index in [0.29, 0.717) is 10.8 Å². The van der Waals surface area contributed by atoms with Crippen molar-refractivity contribution < 1.29 is 9.90 Å². The second-order valence-corrected chi connectivity index (χ2v) is 6.66. The van der Waals surface area contributed by atoms with Crippen molar-refractivity contribution in [1.82, 2.24) is 10.3 Å². The molecular weight excluding hydrogens is 274 g/mol. The van der Waals surface area contributed by atoms with Crippen LogP contribution in [0.15, 0.2) is 0 Å². The molecule has 6 heteroatoms. The molecule has 2 rings (SSSR count). The minimum absolute atomic E-state index is 0.0134. The highest BCUT2D eigenvalue weighted by Crippen LogP contribution is 2.27. The van der Waals surface area contributed by atoms with Crippen molar-refractivity contribution in [3.05, 3.63) is 10.6 Å². The van der Waals surface area contributed by atoms with E-state index in [-0.39, 0.29) is 18.6 Å². The highest BCUT2D eigenvalue weighted by molar-refractivity contribution is 7.17. The molecule has 5 nitrogen and oxygen atoms in total. The third-order valence-corrected chi connectivity index (χ3v) is 5.14. The van der Waals surface area contributed by atoms with Crippen molar-refractivity contribution >= 4 is 22.4 Å². The Balaban J connectivity index is 1.95. The summed E-state index contributed by atoms with van der Waals surface area (Å²) in [6, 6.07) is 0.231. The molecule has 1 aliphatic carbocycles. The lowest BCUT2D eigenvalue weighted by molar-refractivity contribution is 0.0917. The number of aliphatic hydroxyl groups is 1. The number of hydrogen-bond donors (Lipinski definition) is 2. The van der Waals surface area contributed by atoms with E-state index in [1.54, 1.807) is 0 Å². The summed E-state index contributed by atoms with van der Waals surface area (Å²) in [6.45, 7) is 2.14. The molecule has 0 radical (unpaired) electrons. The predicted molar refractivity (Wildman–Crippen MR) is 81.5 cm³/mol. The molecule has 0 unspecified atom stereocenters. The maximum Gasteiger partial charge on any atom is 0.263 e. The van der Waals surface area contributed by atoms with Gasteiger partial charge in [0.05, 0.1) is 5.69 Å². The number of hydrogen-bond acceptors (Lipinski definition) is 5. The van der Waals surface area contributed by atoms with E-state index in [2.05, 4.69) is 10.3 Å². The lowest BCUT2D eigenvalue weighted by atomic mass is 9.86. The van der Waals surface area contributed by atoms with Crippen molar-refractivity contribution in [3.63, 3.8) is 0 Å². The van der Waals surface area contributed by atoms with Crippen LogP contribution in [0.2, 0.25) is 0 Å². The van der Waals surface area contributed by atoms with Gasteiger partial charge >= 0.3 is 0 Å².